The van der Waals surface area contributed by atoms with E-state index in [-0.39, 0.29) is 12.7 Å². The largest absolute Gasteiger partial charge is 0.450 e. The van der Waals surface area contributed by atoms with Crippen LogP contribution in [0.3, 0.4) is 0 Å². The number of nitrogens with zero attached hydrogens (tertiary/aromatic N) is 1. The number of unbranched alkanes of at least 4 members (excludes halogenated alkanes) is 1. The molecule has 1 aromatic rings. The number of aliphatic hydroxyl groups excluding tert-OH is 1. The van der Waals surface area contributed by atoms with Gasteiger partial charge in [-0.15, -0.1) is 0 Å². The Bertz CT molecular complexity index is 286. The normalized spacial score (nSPS) is 12.7. The summed E-state index contributed by atoms with van der Waals surface area (Å²) in [4.78, 5) is 3.98. The predicted octanol–water partition coefficient (Wildman–Crippen LogP) is 2.76. The first-order valence-electron chi connectivity index (χ1n) is 5.98. The second kappa shape index (κ2) is 7.28. The number of oxazole rings is 1. The molecule has 92 valence electrons. The van der Waals surface area contributed by atoms with Gasteiger partial charge in [-0.1, -0.05) is 33.1 Å². The molecule has 0 aromatic carbocycles. The van der Waals surface area contributed by atoms with Crippen molar-refractivity contribution in [2.45, 2.75) is 46.1 Å². The standard InChI is InChI=1S/C12H21NO3/c1-3-5-6-10(4-2)8-15-12-13-11(7-14)9-16-12/h9-10,14H,3-8H2,1-2H3. The van der Waals surface area contributed by atoms with Crippen molar-refractivity contribution in [2.24, 2.45) is 5.92 Å². The van der Waals surface area contributed by atoms with Gasteiger partial charge in [-0.05, 0) is 12.3 Å². The predicted molar refractivity (Wildman–Crippen MR) is 61.2 cm³/mol. The molecular formula is C12H21NO3. The number of hydrogen-bond donors (Lipinski definition) is 1. The van der Waals surface area contributed by atoms with Crippen LogP contribution in [-0.2, 0) is 6.61 Å². The van der Waals surface area contributed by atoms with Crippen LogP contribution >= 0.6 is 0 Å². The highest BCUT2D eigenvalue weighted by Gasteiger charge is 2.09. The Balaban J connectivity index is 2.31. The van der Waals surface area contributed by atoms with Crippen LogP contribution in [0.15, 0.2) is 10.7 Å². The lowest BCUT2D eigenvalue weighted by Crippen LogP contribution is -2.11. The SMILES string of the molecule is CCCCC(CC)COc1nc(CO)co1. The van der Waals surface area contributed by atoms with Gasteiger partial charge >= 0.3 is 6.08 Å². The van der Waals surface area contributed by atoms with E-state index < -0.39 is 0 Å². The van der Waals surface area contributed by atoms with Gasteiger partial charge in [0, 0.05) is 0 Å². The Morgan fingerprint density at radius 2 is 2.31 bits per heavy atom. The second-order valence-electron chi connectivity index (χ2n) is 3.99. The van der Waals surface area contributed by atoms with Gasteiger partial charge in [-0.2, -0.15) is 4.98 Å². The van der Waals surface area contributed by atoms with Crippen LogP contribution in [-0.4, -0.2) is 16.7 Å². The molecule has 1 rings (SSSR count). The van der Waals surface area contributed by atoms with Crippen molar-refractivity contribution in [3.8, 4) is 6.08 Å². The fourth-order valence-electron chi connectivity index (χ4n) is 1.51. The lowest BCUT2D eigenvalue weighted by Gasteiger charge is -2.13. The van der Waals surface area contributed by atoms with Crippen LogP contribution in [0.1, 0.15) is 45.2 Å². The Morgan fingerprint density at radius 1 is 1.50 bits per heavy atom. The van der Waals surface area contributed by atoms with Crippen molar-refractivity contribution in [3.05, 3.63) is 12.0 Å². The number of hydrogen-bond acceptors (Lipinski definition) is 4. The molecule has 1 N–H and O–H groups in total. The lowest BCUT2D eigenvalue weighted by atomic mass is 10.0. The van der Waals surface area contributed by atoms with Crippen molar-refractivity contribution in [3.63, 3.8) is 0 Å². The minimum Gasteiger partial charge on any atom is -0.450 e. The van der Waals surface area contributed by atoms with E-state index in [2.05, 4.69) is 18.8 Å². The van der Waals surface area contributed by atoms with Crippen molar-refractivity contribution >= 4 is 0 Å². The van der Waals surface area contributed by atoms with Crippen LogP contribution in [0.25, 0.3) is 0 Å². The van der Waals surface area contributed by atoms with Crippen LogP contribution < -0.4 is 4.74 Å². The average Bonchev–Trinajstić information content (AvgIpc) is 2.77. The number of aliphatic hydroxyl groups is 1. The second-order valence-corrected chi connectivity index (χ2v) is 3.99. The summed E-state index contributed by atoms with van der Waals surface area (Å²) in [6.07, 6.45) is 6.41. The molecule has 0 spiro atoms. The summed E-state index contributed by atoms with van der Waals surface area (Å²) < 4.78 is 10.5. The first-order chi connectivity index (χ1) is 7.80. The van der Waals surface area contributed by atoms with E-state index in [9.17, 15) is 0 Å². The summed E-state index contributed by atoms with van der Waals surface area (Å²) in [5.74, 6) is 0.560. The summed E-state index contributed by atoms with van der Waals surface area (Å²) in [6.45, 7) is 4.88. The van der Waals surface area contributed by atoms with E-state index in [4.69, 9.17) is 14.3 Å². The third-order valence-electron chi connectivity index (χ3n) is 2.68. The van der Waals surface area contributed by atoms with E-state index >= 15 is 0 Å². The molecule has 1 aromatic heterocycles. The van der Waals surface area contributed by atoms with Gasteiger partial charge in [0.05, 0.1) is 13.2 Å². The molecule has 0 saturated carbocycles. The maximum Gasteiger partial charge on any atom is 0.393 e. The lowest BCUT2D eigenvalue weighted by molar-refractivity contribution is 0.179. The Labute approximate surface area is 96.6 Å². The summed E-state index contributed by atoms with van der Waals surface area (Å²) in [5, 5.41) is 8.81. The maximum atomic E-state index is 8.81. The molecular weight excluding hydrogens is 206 g/mol. The van der Waals surface area contributed by atoms with Gasteiger partial charge in [0.25, 0.3) is 0 Å². The molecule has 4 nitrogen and oxygen atoms in total. The van der Waals surface area contributed by atoms with Gasteiger partial charge in [0.2, 0.25) is 0 Å². The summed E-state index contributed by atoms with van der Waals surface area (Å²) in [5.41, 5.74) is 0.511. The average molecular weight is 227 g/mol. The monoisotopic (exact) mass is 227 g/mol. The maximum absolute atomic E-state index is 8.81. The first kappa shape index (κ1) is 13.0. The van der Waals surface area contributed by atoms with Crippen molar-refractivity contribution in [2.75, 3.05) is 6.61 Å². The summed E-state index contributed by atoms with van der Waals surface area (Å²) in [7, 11) is 0. The van der Waals surface area contributed by atoms with E-state index in [1.54, 1.807) is 0 Å². The van der Waals surface area contributed by atoms with E-state index in [0.717, 1.165) is 6.42 Å². The fourth-order valence-corrected chi connectivity index (χ4v) is 1.51. The van der Waals surface area contributed by atoms with Gasteiger partial charge in [-0.3, -0.25) is 0 Å². The molecule has 0 saturated heterocycles. The smallest absolute Gasteiger partial charge is 0.393 e. The minimum atomic E-state index is -0.111. The van der Waals surface area contributed by atoms with Crippen LogP contribution in [0.2, 0.25) is 0 Å². The van der Waals surface area contributed by atoms with Gasteiger partial charge < -0.3 is 14.3 Å². The molecule has 1 atom stereocenters. The van der Waals surface area contributed by atoms with Crippen LogP contribution in [0.4, 0.5) is 0 Å². The molecule has 0 radical (unpaired) electrons. The zero-order valence-electron chi connectivity index (χ0n) is 10.1. The molecule has 0 bridgehead atoms. The van der Waals surface area contributed by atoms with Crippen molar-refractivity contribution in [1.29, 1.82) is 0 Å². The highest BCUT2D eigenvalue weighted by Crippen LogP contribution is 2.16. The number of rotatable bonds is 8. The zero-order chi connectivity index (χ0) is 11.8. The minimum absolute atomic E-state index is 0.111. The number of ether oxygens (including phenoxy) is 1. The molecule has 0 fully saturated rings. The van der Waals surface area contributed by atoms with Gasteiger partial charge in [0.15, 0.2) is 0 Å². The van der Waals surface area contributed by atoms with Gasteiger partial charge in [0.1, 0.15) is 12.0 Å². The molecule has 0 amide bonds. The Kier molecular flexibility index (Phi) is 5.93. The highest BCUT2D eigenvalue weighted by atomic mass is 16.6. The Morgan fingerprint density at radius 3 is 2.88 bits per heavy atom. The van der Waals surface area contributed by atoms with Crippen LogP contribution in [0, 0.1) is 5.92 Å². The summed E-state index contributed by atoms with van der Waals surface area (Å²) >= 11 is 0. The molecule has 0 aliphatic carbocycles. The first-order valence-corrected chi connectivity index (χ1v) is 5.98. The quantitative estimate of drug-likeness (QED) is 0.742. The van der Waals surface area contributed by atoms with Gasteiger partial charge in [-0.25, -0.2) is 0 Å². The van der Waals surface area contributed by atoms with Crippen LogP contribution in [0.5, 0.6) is 6.08 Å². The van der Waals surface area contributed by atoms with E-state index in [1.165, 1.54) is 25.5 Å². The molecule has 0 aliphatic rings. The molecule has 16 heavy (non-hydrogen) atoms. The third kappa shape index (κ3) is 4.23. The topological polar surface area (TPSA) is 55.5 Å². The number of aromatic nitrogens is 1. The van der Waals surface area contributed by atoms with E-state index in [0.29, 0.717) is 18.2 Å². The van der Waals surface area contributed by atoms with E-state index in [1.807, 2.05) is 0 Å². The molecule has 1 unspecified atom stereocenters. The summed E-state index contributed by atoms with van der Waals surface area (Å²) in [6, 6.07) is 0. The Hall–Kier alpha value is -1.03. The van der Waals surface area contributed by atoms with Crippen molar-refractivity contribution in [1.82, 2.24) is 4.98 Å². The molecule has 0 aliphatic heterocycles. The highest BCUT2D eigenvalue weighted by molar-refractivity contribution is 4.97. The molecule has 4 heteroatoms. The third-order valence-corrected chi connectivity index (χ3v) is 2.68. The zero-order valence-corrected chi connectivity index (χ0v) is 10.1. The molecule has 1 heterocycles. The van der Waals surface area contributed by atoms with Crippen molar-refractivity contribution < 1.29 is 14.3 Å². The fraction of sp³-hybridized carbons (Fsp3) is 0.750.